The zero-order valence-corrected chi connectivity index (χ0v) is 32.3. The number of para-hydroxylation sites is 4. The molecular weight excluding hydrogens is 740 g/mol. The molecule has 2 amide bonds. The van der Waals surface area contributed by atoms with Crippen LogP contribution in [0.3, 0.4) is 0 Å². The molecule has 0 aliphatic rings. The van der Waals surface area contributed by atoms with Gasteiger partial charge in [0.1, 0.15) is 40.0 Å². The van der Waals surface area contributed by atoms with Gasteiger partial charge in [-0.1, -0.05) is 133 Å². The number of rotatable bonds is 8. The van der Waals surface area contributed by atoms with Crippen molar-refractivity contribution in [2.24, 2.45) is 0 Å². The third-order valence-corrected chi connectivity index (χ3v) is 13.3. The van der Waals surface area contributed by atoms with Gasteiger partial charge < -0.3 is 26.0 Å². The molecule has 0 aliphatic heterocycles. The van der Waals surface area contributed by atoms with E-state index in [2.05, 4.69) is 114 Å². The van der Waals surface area contributed by atoms with E-state index in [1.54, 1.807) is 66.7 Å². The molecule has 0 spiro atoms. The van der Waals surface area contributed by atoms with Gasteiger partial charge in [-0.25, -0.2) is 0 Å². The van der Waals surface area contributed by atoms with Gasteiger partial charge in [0, 0.05) is 16.9 Å². The molecule has 0 bridgehead atoms. The van der Waals surface area contributed by atoms with Crippen LogP contribution in [0.4, 0.5) is 11.4 Å². The average Bonchev–Trinajstić information content (AvgIpc) is 3.27. The molecule has 0 atom stereocenters. The number of aromatic hydroxyl groups is 2. The SMILES string of the molecule is O=C(Nc1ccccc1)c1ccccc1O.O=C(Nc1ccccc1)c1ccccc1[O-].Oc1ccc([P+](c2ccccc2)(c2ccccc2)c2ccccc2)cc1. The van der Waals surface area contributed by atoms with E-state index in [0.29, 0.717) is 17.1 Å². The summed E-state index contributed by atoms with van der Waals surface area (Å²) in [4.78, 5) is 23.5. The molecule has 7 nitrogen and oxygen atoms in total. The first-order valence-corrected chi connectivity index (χ1v) is 20.3. The van der Waals surface area contributed by atoms with Crippen molar-refractivity contribution in [3.05, 3.63) is 236 Å². The van der Waals surface area contributed by atoms with E-state index in [1.807, 2.05) is 36.4 Å². The van der Waals surface area contributed by atoms with Crippen molar-refractivity contribution in [3.63, 3.8) is 0 Å². The lowest BCUT2D eigenvalue weighted by Crippen LogP contribution is -2.38. The summed E-state index contributed by atoms with van der Waals surface area (Å²) in [6, 6.07) is 70.6. The van der Waals surface area contributed by atoms with Gasteiger partial charge >= 0.3 is 0 Å². The number of nitrogens with one attached hydrogen (secondary N) is 2. The number of hydrogen-bond acceptors (Lipinski definition) is 5. The quantitative estimate of drug-likeness (QED) is 0.115. The number of benzene rings is 8. The van der Waals surface area contributed by atoms with Crippen LogP contribution < -0.4 is 37.0 Å². The van der Waals surface area contributed by atoms with Crippen molar-refractivity contribution in [2.75, 3.05) is 10.6 Å². The molecule has 8 aromatic rings. The zero-order chi connectivity index (χ0) is 40.6. The van der Waals surface area contributed by atoms with Crippen molar-refractivity contribution in [1.29, 1.82) is 0 Å². The number of anilines is 2. The summed E-state index contributed by atoms with van der Waals surface area (Å²) < 4.78 is 0. The Hall–Kier alpha value is -7.47. The fraction of sp³-hybridized carbons (Fsp3) is 0. The first kappa shape index (κ1) is 40.2. The van der Waals surface area contributed by atoms with E-state index in [9.17, 15) is 24.9 Å². The van der Waals surface area contributed by atoms with Crippen LogP contribution in [0.25, 0.3) is 0 Å². The van der Waals surface area contributed by atoms with Crippen LogP contribution in [0, 0.1) is 0 Å². The lowest BCUT2D eigenvalue weighted by atomic mass is 10.2. The average molecular weight is 781 g/mol. The second-order valence-electron chi connectivity index (χ2n) is 12.8. The van der Waals surface area contributed by atoms with Crippen LogP contribution in [-0.2, 0) is 0 Å². The van der Waals surface area contributed by atoms with Gasteiger partial charge in [0.15, 0.2) is 0 Å². The maximum atomic E-state index is 11.8. The van der Waals surface area contributed by atoms with Gasteiger partial charge in [-0.3, -0.25) is 9.59 Å². The molecule has 0 aliphatic carbocycles. The summed E-state index contributed by atoms with van der Waals surface area (Å²) >= 11 is 0. The molecule has 8 heteroatoms. The lowest BCUT2D eigenvalue weighted by Gasteiger charge is -2.27. The van der Waals surface area contributed by atoms with Crippen LogP contribution in [0.15, 0.2) is 224 Å². The van der Waals surface area contributed by atoms with E-state index < -0.39 is 7.26 Å². The Morgan fingerprint density at radius 2 is 0.707 bits per heavy atom. The molecule has 0 radical (unpaired) electrons. The second kappa shape index (κ2) is 19.9. The van der Waals surface area contributed by atoms with Crippen LogP contribution in [0.1, 0.15) is 20.7 Å². The van der Waals surface area contributed by atoms with Crippen molar-refractivity contribution in [1.82, 2.24) is 0 Å². The van der Waals surface area contributed by atoms with Gasteiger partial charge in [-0.15, -0.1) is 0 Å². The van der Waals surface area contributed by atoms with Crippen molar-refractivity contribution >= 4 is 51.7 Å². The highest BCUT2D eigenvalue weighted by atomic mass is 31.2. The summed E-state index contributed by atoms with van der Waals surface area (Å²) in [5.74, 6) is -0.686. The Kier molecular flexibility index (Phi) is 13.8. The number of amides is 2. The second-order valence-corrected chi connectivity index (χ2v) is 16.3. The van der Waals surface area contributed by atoms with E-state index in [4.69, 9.17) is 0 Å². The Morgan fingerprint density at radius 3 is 1.12 bits per heavy atom. The van der Waals surface area contributed by atoms with E-state index in [-0.39, 0.29) is 34.4 Å². The largest absolute Gasteiger partial charge is 0.872 e. The summed E-state index contributed by atoms with van der Waals surface area (Å²) in [6.07, 6.45) is 0. The van der Waals surface area contributed by atoms with Crippen LogP contribution in [-0.4, -0.2) is 22.0 Å². The maximum absolute atomic E-state index is 11.8. The summed E-state index contributed by atoms with van der Waals surface area (Å²) in [5.41, 5.74) is 1.81. The molecular formula is C50H41N2O5P. The highest BCUT2D eigenvalue weighted by Gasteiger charge is 2.47. The molecule has 8 aromatic carbocycles. The number of phenols is 2. The fourth-order valence-corrected chi connectivity index (χ4v) is 10.5. The minimum absolute atomic E-state index is 0.0177. The monoisotopic (exact) mass is 780 g/mol. The van der Waals surface area contributed by atoms with Gasteiger partial charge in [-0.2, -0.15) is 0 Å². The smallest absolute Gasteiger partial charge is 0.259 e. The normalized spacial score (nSPS) is 10.4. The Morgan fingerprint density at radius 1 is 0.379 bits per heavy atom. The van der Waals surface area contributed by atoms with Gasteiger partial charge in [0.2, 0.25) is 0 Å². The molecule has 58 heavy (non-hydrogen) atoms. The minimum atomic E-state index is -2.04. The third kappa shape index (κ3) is 10.0. The van der Waals surface area contributed by atoms with Crippen LogP contribution >= 0.6 is 7.26 Å². The molecule has 0 saturated heterocycles. The van der Waals surface area contributed by atoms with E-state index in [0.717, 1.165) is 0 Å². The topological polar surface area (TPSA) is 122 Å². The lowest BCUT2D eigenvalue weighted by molar-refractivity contribution is -0.268. The first-order valence-electron chi connectivity index (χ1n) is 18.5. The number of hydrogen-bond donors (Lipinski definition) is 4. The Bertz CT molecular complexity index is 2310. The van der Waals surface area contributed by atoms with Gasteiger partial charge in [0.05, 0.1) is 5.56 Å². The molecule has 286 valence electrons. The molecule has 0 unspecified atom stereocenters. The zero-order valence-electron chi connectivity index (χ0n) is 31.4. The summed E-state index contributed by atoms with van der Waals surface area (Å²) in [6.45, 7) is 0. The van der Waals surface area contributed by atoms with Gasteiger partial charge in [-0.05, 0) is 97.1 Å². The van der Waals surface area contributed by atoms with Gasteiger partial charge in [0.25, 0.3) is 11.8 Å². The molecule has 0 aromatic heterocycles. The number of carbonyl (C=O) groups is 2. The van der Waals surface area contributed by atoms with E-state index >= 15 is 0 Å². The third-order valence-electron chi connectivity index (χ3n) is 9.01. The van der Waals surface area contributed by atoms with Crippen molar-refractivity contribution < 1.29 is 24.9 Å². The Balaban J connectivity index is 0.000000154. The molecule has 0 heterocycles. The highest BCUT2D eigenvalue weighted by Crippen LogP contribution is 2.54. The summed E-state index contributed by atoms with van der Waals surface area (Å²) in [7, 11) is -2.04. The highest BCUT2D eigenvalue weighted by molar-refractivity contribution is 8.01. The first-order chi connectivity index (χ1) is 28.4. The van der Waals surface area contributed by atoms with Crippen LogP contribution in [0.2, 0.25) is 0 Å². The summed E-state index contributed by atoms with van der Waals surface area (Å²) in [5, 5.41) is 41.3. The predicted molar refractivity (Wildman–Crippen MR) is 236 cm³/mol. The predicted octanol–water partition coefficient (Wildman–Crippen LogP) is 8.67. The number of phenolic OH excluding ortho intramolecular Hbond substituents is 2. The Labute approximate surface area is 338 Å². The molecule has 4 N–H and O–H groups in total. The molecule has 8 rings (SSSR count). The molecule has 0 fully saturated rings. The minimum Gasteiger partial charge on any atom is -0.872 e. The molecule has 0 saturated carbocycles. The van der Waals surface area contributed by atoms with Crippen molar-refractivity contribution in [2.45, 2.75) is 0 Å². The van der Waals surface area contributed by atoms with Crippen molar-refractivity contribution in [3.8, 4) is 17.2 Å². The number of carbonyl (C=O) groups excluding carboxylic acids is 2. The van der Waals surface area contributed by atoms with Crippen LogP contribution in [0.5, 0.6) is 17.2 Å². The van der Waals surface area contributed by atoms with E-state index in [1.165, 1.54) is 39.4 Å². The standard InChI is InChI=1S/C24H19OP.2C13H11NO2/c25-20-16-18-24(19-17-20)26(21-10-4-1-5-11-21,22-12-6-2-7-13-22)23-14-8-3-9-15-23;2*15-12-9-5-4-8-11(12)13(16)14-10-6-2-1-3-7-10/h1-19H;2*1-9,15H,(H,14,16). The maximum Gasteiger partial charge on any atom is 0.259 e. The fourth-order valence-electron chi connectivity index (χ4n) is 6.29.